The van der Waals surface area contributed by atoms with Gasteiger partial charge in [0, 0.05) is 18.3 Å². The van der Waals surface area contributed by atoms with Crippen molar-refractivity contribution in [2.45, 2.75) is 39.0 Å². The first-order chi connectivity index (χ1) is 9.15. The van der Waals surface area contributed by atoms with E-state index in [4.69, 9.17) is 0 Å². The molecule has 0 aliphatic heterocycles. The van der Waals surface area contributed by atoms with Gasteiger partial charge in [0.25, 0.3) is 0 Å². The lowest BCUT2D eigenvalue weighted by Crippen LogP contribution is -2.30. The van der Waals surface area contributed by atoms with Crippen molar-refractivity contribution < 1.29 is 4.79 Å². The van der Waals surface area contributed by atoms with Gasteiger partial charge in [0.05, 0.1) is 0 Å². The lowest BCUT2D eigenvalue weighted by molar-refractivity contribution is -0.121. The van der Waals surface area contributed by atoms with E-state index in [1.54, 1.807) is 0 Å². The second-order valence-electron chi connectivity index (χ2n) is 5.64. The molecule has 2 nitrogen and oxygen atoms in total. The number of rotatable bonds is 7. The van der Waals surface area contributed by atoms with Crippen molar-refractivity contribution in [2.24, 2.45) is 5.41 Å². The number of nitrogens with one attached hydrogen (secondary N) is 1. The molecule has 1 fully saturated rings. The number of halogens is 1. The third-order valence-corrected chi connectivity index (χ3v) is 4.52. The van der Waals surface area contributed by atoms with Crippen molar-refractivity contribution in [3.8, 4) is 0 Å². The molecule has 1 N–H and O–H groups in total. The Kier molecular flexibility index (Phi) is 5.03. The average molecular weight is 324 g/mol. The van der Waals surface area contributed by atoms with Crippen LogP contribution in [0.25, 0.3) is 0 Å². The van der Waals surface area contributed by atoms with Crippen LogP contribution in [0.1, 0.15) is 36.8 Å². The fourth-order valence-corrected chi connectivity index (χ4v) is 3.25. The van der Waals surface area contributed by atoms with Gasteiger partial charge >= 0.3 is 0 Å². The number of hydrogen-bond donors (Lipinski definition) is 1. The third kappa shape index (κ3) is 4.34. The van der Waals surface area contributed by atoms with E-state index in [0.717, 1.165) is 18.3 Å². The van der Waals surface area contributed by atoms with Crippen LogP contribution in [0, 0.1) is 12.3 Å². The molecule has 3 heteroatoms. The zero-order valence-electron chi connectivity index (χ0n) is 11.5. The lowest BCUT2D eigenvalue weighted by Gasteiger charge is -2.14. The van der Waals surface area contributed by atoms with E-state index < -0.39 is 0 Å². The maximum atomic E-state index is 11.9. The Morgan fingerprint density at radius 1 is 1.37 bits per heavy atom. The quantitative estimate of drug-likeness (QED) is 0.763. The van der Waals surface area contributed by atoms with E-state index in [9.17, 15) is 4.79 Å². The van der Waals surface area contributed by atoms with Crippen LogP contribution in [0.15, 0.2) is 24.3 Å². The molecule has 0 aromatic heterocycles. The number of benzene rings is 1. The van der Waals surface area contributed by atoms with Crippen LogP contribution in [-0.2, 0) is 11.2 Å². The summed E-state index contributed by atoms with van der Waals surface area (Å²) in [7, 11) is 0. The molecular formula is C16H22BrNO. The summed E-state index contributed by atoms with van der Waals surface area (Å²) in [6.45, 7) is 2.95. The van der Waals surface area contributed by atoms with Crippen LogP contribution in [0.5, 0.6) is 0 Å². The van der Waals surface area contributed by atoms with Gasteiger partial charge in [-0.1, -0.05) is 40.2 Å². The van der Waals surface area contributed by atoms with Gasteiger partial charge < -0.3 is 5.32 Å². The fraction of sp³-hybridized carbons (Fsp3) is 0.562. The molecule has 0 heterocycles. The molecule has 1 saturated carbocycles. The second-order valence-corrected chi connectivity index (χ2v) is 6.44. The zero-order valence-corrected chi connectivity index (χ0v) is 13.1. The maximum absolute atomic E-state index is 11.9. The number of hydrogen-bond acceptors (Lipinski definition) is 1. The summed E-state index contributed by atoms with van der Waals surface area (Å²) in [5, 5.41) is 4.13. The predicted molar refractivity (Wildman–Crippen MR) is 82.6 cm³/mol. The Bertz CT molecular complexity index is 440. The number of carbonyl (C=O) groups is 1. The minimum absolute atomic E-state index is 0.184. The van der Waals surface area contributed by atoms with Crippen LogP contribution in [0.2, 0.25) is 0 Å². The molecule has 0 unspecified atom stereocenters. The van der Waals surface area contributed by atoms with Crippen molar-refractivity contribution in [1.82, 2.24) is 5.32 Å². The lowest BCUT2D eigenvalue weighted by atomic mass is 10.0. The van der Waals surface area contributed by atoms with Crippen LogP contribution >= 0.6 is 15.9 Å². The molecule has 0 radical (unpaired) electrons. The normalized spacial score (nSPS) is 16.1. The predicted octanol–water partition coefficient (Wildman–Crippen LogP) is 3.61. The van der Waals surface area contributed by atoms with E-state index in [-0.39, 0.29) is 5.91 Å². The number of aryl methyl sites for hydroxylation is 2. The van der Waals surface area contributed by atoms with E-state index in [1.807, 2.05) is 12.1 Å². The zero-order chi connectivity index (χ0) is 13.7. The van der Waals surface area contributed by atoms with Gasteiger partial charge in [0.1, 0.15) is 0 Å². The topological polar surface area (TPSA) is 29.1 Å². The van der Waals surface area contributed by atoms with Gasteiger partial charge in [0.15, 0.2) is 0 Å². The van der Waals surface area contributed by atoms with Crippen molar-refractivity contribution in [2.75, 3.05) is 11.9 Å². The Balaban J connectivity index is 1.72. The van der Waals surface area contributed by atoms with E-state index in [0.29, 0.717) is 11.8 Å². The number of amides is 1. The van der Waals surface area contributed by atoms with E-state index in [2.05, 4.69) is 40.3 Å². The molecule has 0 spiro atoms. The molecule has 0 atom stereocenters. The maximum Gasteiger partial charge on any atom is 0.220 e. The summed E-state index contributed by atoms with van der Waals surface area (Å²) in [5.74, 6) is 0.184. The molecule has 1 aliphatic carbocycles. The molecular weight excluding hydrogens is 302 g/mol. The monoisotopic (exact) mass is 323 g/mol. The highest BCUT2D eigenvalue weighted by molar-refractivity contribution is 9.09. The number of carbonyl (C=O) groups excluding carboxylic acids is 1. The standard InChI is InChI=1S/C16H22BrNO/c1-13-4-2-3-5-14(13)6-7-15(19)18-12-16(8-9-16)10-11-17/h2-5H,6-12H2,1H3,(H,18,19). The summed E-state index contributed by atoms with van der Waals surface area (Å²) >= 11 is 3.49. The van der Waals surface area contributed by atoms with Gasteiger partial charge in [-0.25, -0.2) is 0 Å². The average Bonchev–Trinajstić information content (AvgIpc) is 3.16. The van der Waals surface area contributed by atoms with Crippen molar-refractivity contribution >= 4 is 21.8 Å². The first-order valence-electron chi connectivity index (χ1n) is 7.02. The van der Waals surface area contributed by atoms with Crippen molar-refractivity contribution in [3.63, 3.8) is 0 Å². The van der Waals surface area contributed by atoms with Crippen molar-refractivity contribution in [1.29, 1.82) is 0 Å². The van der Waals surface area contributed by atoms with Gasteiger partial charge in [-0.15, -0.1) is 0 Å². The smallest absolute Gasteiger partial charge is 0.220 e. The molecule has 1 amide bonds. The minimum atomic E-state index is 0.184. The molecule has 0 bridgehead atoms. The minimum Gasteiger partial charge on any atom is -0.356 e. The summed E-state index contributed by atoms with van der Waals surface area (Å²) in [6, 6.07) is 8.28. The largest absolute Gasteiger partial charge is 0.356 e. The molecule has 1 aromatic rings. The first kappa shape index (κ1) is 14.6. The van der Waals surface area contributed by atoms with Crippen LogP contribution < -0.4 is 5.32 Å². The molecule has 19 heavy (non-hydrogen) atoms. The van der Waals surface area contributed by atoms with Crippen LogP contribution in [0.3, 0.4) is 0 Å². The molecule has 104 valence electrons. The van der Waals surface area contributed by atoms with E-state index >= 15 is 0 Å². The van der Waals surface area contributed by atoms with Gasteiger partial charge in [-0.2, -0.15) is 0 Å². The molecule has 1 aromatic carbocycles. The van der Waals surface area contributed by atoms with E-state index in [1.165, 1.54) is 30.4 Å². The Morgan fingerprint density at radius 3 is 2.74 bits per heavy atom. The summed E-state index contributed by atoms with van der Waals surface area (Å²) in [6.07, 6.45) is 5.12. The van der Waals surface area contributed by atoms with Gasteiger partial charge in [-0.05, 0) is 49.1 Å². The Morgan fingerprint density at radius 2 is 2.11 bits per heavy atom. The molecule has 2 rings (SSSR count). The first-order valence-corrected chi connectivity index (χ1v) is 8.15. The summed E-state index contributed by atoms with van der Waals surface area (Å²) in [5.41, 5.74) is 2.95. The molecule has 0 saturated heterocycles. The number of alkyl halides is 1. The summed E-state index contributed by atoms with van der Waals surface area (Å²) in [4.78, 5) is 11.9. The van der Waals surface area contributed by atoms with Gasteiger partial charge in [-0.3, -0.25) is 4.79 Å². The molecule has 1 aliphatic rings. The third-order valence-electron chi connectivity index (χ3n) is 4.13. The van der Waals surface area contributed by atoms with Crippen LogP contribution in [0.4, 0.5) is 0 Å². The second kappa shape index (κ2) is 6.56. The van der Waals surface area contributed by atoms with Crippen molar-refractivity contribution in [3.05, 3.63) is 35.4 Å². The van der Waals surface area contributed by atoms with Gasteiger partial charge in [0.2, 0.25) is 5.91 Å². The SMILES string of the molecule is Cc1ccccc1CCC(=O)NCC1(CCBr)CC1. The Labute approximate surface area is 124 Å². The summed E-state index contributed by atoms with van der Waals surface area (Å²) < 4.78 is 0. The van der Waals surface area contributed by atoms with Crippen LogP contribution in [-0.4, -0.2) is 17.8 Å². The Hall–Kier alpha value is -0.830. The highest BCUT2D eigenvalue weighted by atomic mass is 79.9. The highest BCUT2D eigenvalue weighted by Gasteiger charge is 2.41. The highest BCUT2D eigenvalue weighted by Crippen LogP contribution is 2.48. The fourth-order valence-electron chi connectivity index (χ4n) is 2.41.